The molecule has 0 radical (unpaired) electrons. The summed E-state index contributed by atoms with van der Waals surface area (Å²) in [5, 5.41) is 8.78. The molecule has 1 aliphatic carbocycles. The van der Waals surface area contributed by atoms with Gasteiger partial charge in [-0.15, -0.1) is 12.4 Å². The third-order valence-electron chi connectivity index (χ3n) is 1.51. The van der Waals surface area contributed by atoms with Gasteiger partial charge in [-0.2, -0.15) is 0 Å². The van der Waals surface area contributed by atoms with Crippen LogP contribution in [0.5, 0.6) is 0 Å². The molecule has 50 valence electrons. The molecule has 1 aliphatic rings. The normalized spacial score (nSPS) is 37.9. The summed E-state index contributed by atoms with van der Waals surface area (Å²) in [6.45, 7) is 1.79. The molecule has 0 aromatic carbocycles. The van der Waals surface area contributed by atoms with E-state index >= 15 is 0 Å². The Morgan fingerprint density at radius 1 is 1.75 bits per heavy atom. The van der Waals surface area contributed by atoms with Gasteiger partial charge in [0.05, 0.1) is 6.10 Å². The highest BCUT2D eigenvalue weighted by atomic mass is 35.5. The first-order valence-electron chi connectivity index (χ1n) is 2.65. The Labute approximate surface area is 55.5 Å². The summed E-state index contributed by atoms with van der Waals surface area (Å²) in [6.07, 6.45) is 0.826. The van der Waals surface area contributed by atoms with Gasteiger partial charge in [0.1, 0.15) is 0 Å². The van der Waals surface area contributed by atoms with Crippen molar-refractivity contribution in [2.45, 2.75) is 25.5 Å². The van der Waals surface area contributed by atoms with Crippen molar-refractivity contribution >= 4 is 12.4 Å². The lowest BCUT2D eigenvalue weighted by atomic mass is 10.3. The van der Waals surface area contributed by atoms with Crippen LogP contribution in [0.2, 0.25) is 0 Å². The first-order valence-corrected chi connectivity index (χ1v) is 2.65. The molecule has 0 aromatic rings. The van der Waals surface area contributed by atoms with Crippen LogP contribution >= 0.6 is 12.4 Å². The molecule has 0 spiro atoms. The first kappa shape index (κ1) is 8.21. The molecule has 8 heavy (non-hydrogen) atoms. The summed E-state index contributed by atoms with van der Waals surface area (Å²) >= 11 is 0. The smallest absolute Gasteiger partial charge is 0.0555 e. The molecular weight excluding hydrogens is 126 g/mol. The lowest BCUT2D eigenvalue weighted by molar-refractivity contribution is 0.169. The minimum Gasteiger partial charge on any atom is -0.393 e. The van der Waals surface area contributed by atoms with Crippen molar-refractivity contribution in [1.29, 1.82) is 0 Å². The molecule has 0 saturated heterocycles. The summed E-state index contributed by atoms with van der Waals surface area (Å²) < 4.78 is 0. The number of aliphatic hydroxyl groups is 1. The van der Waals surface area contributed by atoms with Crippen molar-refractivity contribution in [3.05, 3.63) is 0 Å². The lowest BCUT2D eigenvalue weighted by Crippen LogP contribution is -2.11. The van der Waals surface area contributed by atoms with Gasteiger partial charge in [-0.1, -0.05) is 0 Å². The number of nitrogens with two attached hydrogens (primary N) is 1. The van der Waals surface area contributed by atoms with Crippen LogP contribution < -0.4 is 5.73 Å². The van der Waals surface area contributed by atoms with Crippen LogP contribution in [-0.2, 0) is 0 Å². The van der Waals surface area contributed by atoms with E-state index in [2.05, 4.69) is 0 Å². The molecule has 1 saturated carbocycles. The van der Waals surface area contributed by atoms with E-state index in [-0.39, 0.29) is 18.5 Å². The number of hydrogen-bond donors (Lipinski definition) is 2. The molecule has 0 heterocycles. The number of aliphatic hydroxyl groups excluding tert-OH is 1. The molecule has 0 amide bonds. The summed E-state index contributed by atoms with van der Waals surface area (Å²) in [5.41, 5.74) is 5.41. The van der Waals surface area contributed by atoms with E-state index in [1.54, 1.807) is 6.92 Å². The highest BCUT2D eigenvalue weighted by molar-refractivity contribution is 5.85. The van der Waals surface area contributed by atoms with Crippen molar-refractivity contribution in [3.8, 4) is 0 Å². The standard InChI is InChI=1S/C5H11NO.ClH/c1-3(7)4-2-5(4)6;/h3-5,7H,2,6H2,1H3;1H. The van der Waals surface area contributed by atoms with Gasteiger partial charge < -0.3 is 10.8 Å². The van der Waals surface area contributed by atoms with Gasteiger partial charge in [-0.25, -0.2) is 0 Å². The van der Waals surface area contributed by atoms with Crippen molar-refractivity contribution in [3.63, 3.8) is 0 Å². The summed E-state index contributed by atoms with van der Waals surface area (Å²) in [6, 6.07) is 0.292. The lowest BCUT2D eigenvalue weighted by Gasteiger charge is -1.96. The fourth-order valence-corrected chi connectivity index (χ4v) is 0.790. The van der Waals surface area contributed by atoms with Crippen LogP contribution in [0.15, 0.2) is 0 Å². The second-order valence-corrected chi connectivity index (χ2v) is 2.30. The van der Waals surface area contributed by atoms with Crippen LogP contribution in [0, 0.1) is 5.92 Å². The van der Waals surface area contributed by atoms with E-state index in [1.807, 2.05) is 0 Å². The minimum absolute atomic E-state index is 0. The van der Waals surface area contributed by atoms with Gasteiger partial charge in [-0.3, -0.25) is 0 Å². The molecule has 0 aromatic heterocycles. The molecule has 1 fully saturated rings. The topological polar surface area (TPSA) is 46.2 Å². The predicted molar refractivity (Wildman–Crippen MR) is 35.0 cm³/mol. The SMILES string of the molecule is CC(O)C1CC1N.Cl. The quantitative estimate of drug-likeness (QED) is 0.540. The highest BCUT2D eigenvalue weighted by Gasteiger charge is 2.36. The zero-order valence-electron chi connectivity index (χ0n) is 4.87. The van der Waals surface area contributed by atoms with Gasteiger partial charge in [0.25, 0.3) is 0 Å². The molecular formula is C5H12ClNO. The second kappa shape index (κ2) is 2.67. The molecule has 3 atom stereocenters. The average molecular weight is 138 g/mol. The summed E-state index contributed by atoms with van der Waals surface area (Å²) in [4.78, 5) is 0. The number of hydrogen-bond acceptors (Lipinski definition) is 2. The monoisotopic (exact) mass is 137 g/mol. The molecule has 3 unspecified atom stereocenters. The minimum atomic E-state index is -0.185. The fraction of sp³-hybridized carbons (Fsp3) is 1.00. The van der Waals surface area contributed by atoms with E-state index in [4.69, 9.17) is 10.8 Å². The Kier molecular flexibility index (Phi) is 2.74. The van der Waals surface area contributed by atoms with Gasteiger partial charge in [0.15, 0.2) is 0 Å². The van der Waals surface area contributed by atoms with Gasteiger partial charge in [0.2, 0.25) is 0 Å². The van der Waals surface area contributed by atoms with E-state index in [0.717, 1.165) is 6.42 Å². The third-order valence-corrected chi connectivity index (χ3v) is 1.51. The van der Waals surface area contributed by atoms with Crippen LogP contribution in [0.4, 0.5) is 0 Å². The van der Waals surface area contributed by atoms with Crippen molar-refractivity contribution < 1.29 is 5.11 Å². The van der Waals surface area contributed by atoms with Gasteiger partial charge in [-0.05, 0) is 13.3 Å². The van der Waals surface area contributed by atoms with E-state index < -0.39 is 0 Å². The predicted octanol–water partition coefficient (Wildman–Crippen LogP) is 0.136. The van der Waals surface area contributed by atoms with Crippen LogP contribution in [0.3, 0.4) is 0 Å². The zero-order valence-corrected chi connectivity index (χ0v) is 5.69. The van der Waals surface area contributed by atoms with E-state index in [9.17, 15) is 0 Å². The first-order chi connectivity index (χ1) is 3.22. The average Bonchev–Trinajstić information content (AvgIpc) is 2.17. The highest BCUT2D eigenvalue weighted by Crippen LogP contribution is 2.30. The molecule has 3 heteroatoms. The molecule has 0 bridgehead atoms. The molecule has 2 nitrogen and oxygen atoms in total. The summed E-state index contributed by atoms with van der Waals surface area (Å²) in [7, 11) is 0. The zero-order chi connectivity index (χ0) is 5.44. The second-order valence-electron chi connectivity index (χ2n) is 2.30. The van der Waals surface area contributed by atoms with Gasteiger partial charge in [0, 0.05) is 12.0 Å². The largest absolute Gasteiger partial charge is 0.393 e. The third kappa shape index (κ3) is 1.62. The van der Waals surface area contributed by atoms with Gasteiger partial charge >= 0.3 is 0 Å². The molecule has 3 N–H and O–H groups in total. The Morgan fingerprint density at radius 2 is 2.12 bits per heavy atom. The maximum absolute atomic E-state index is 8.78. The molecule has 0 aliphatic heterocycles. The van der Waals surface area contributed by atoms with Crippen molar-refractivity contribution in [2.24, 2.45) is 11.7 Å². The van der Waals surface area contributed by atoms with Crippen LogP contribution in [0.1, 0.15) is 13.3 Å². The van der Waals surface area contributed by atoms with Crippen molar-refractivity contribution in [2.75, 3.05) is 0 Å². The maximum atomic E-state index is 8.78. The summed E-state index contributed by atoms with van der Waals surface area (Å²) in [5.74, 6) is 0.403. The maximum Gasteiger partial charge on any atom is 0.0555 e. The molecule has 1 rings (SSSR count). The Hall–Kier alpha value is 0.210. The van der Waals surface area contributed by atoms with E-state index in [0.29, 0.717) is 12.0 Å². The van der Waals surface area contributed by atoms with E-state index in [1.165, 1.54) is 0 Å². The Morgan fingerprint density at radius 3 is 2.12 bits per heavy atom. The Balaban J connectivity index is 0.000000490. The number of halogens is 1. The fourth-order valence-electron chi connectivity index (χ4n) is 0.790. The van der Waals surface area contributed by atoms with Crippen LogP contribution in [-0.4, -0.2) is 17.3 Å². The van der Waals surface area contributed by atoms with Crippen molar-refractivity contribution in [1.82, 2.24) is 0 Å². The number of rotatable bonds is 1. The van der Waals surface area contributed by atoms with Crippen LogP contribution in [0.25, 0.3) is 0 Å². The Bertz CT molecular complexity index is 76.8.